The molecule has 4 atom stereocenters. The molecule has 0 saturated heterocycles. The lowest BCUT2D eigenvalue weighted by Crippen LogP contribution is -2.21. The predicted octanol–water partition coefficient (Wildman–Crippen LogP) is 2.77. The van der Waals surface area contributed by atoms with Crippen molar-refractivity contribution < 1.29 is 15.0 Å². The van der Waals surface area contributed by atoms with E-state index in [2.05, 4.69) is 12.2 Å². The zero-order chi connectivity index (χ0) is 12.7. The number of phenols is 1. The third-order valence-electron chi connectivity index (χ3n) is 4.33. The first kappa shape index (κ1) is 11.3. The number of hydrogen-bond acceptors (Lipinski definition) is 2. The SMILES string of the molecule is O=C(O)CC1C2C=CC(C2)C1c1ccccc1O. The van der Waals surface area contributed by atoms with Crippen LogP contribution in [0.1, 0.15) is 24.3 Å². The van der Waals surface area contributed by atoms with Crippen LogP contribution >= 0.6 is 0 Å². The van der Waals surface area contributed by atoms with Crippen molar-refractivity contribution in [3.05, 3.63) is 42.0 Å². The number of fused-ring (bicyclic) bond motifs is 2. The molecule has 18 heavy (non-hydrogen) atoms. The van der Waals surface area contributed by atoms with E-state index in [1.165, 1.54) is 0 Å². The average Bonchev–Trinajstić information content (AvgIpc) is 2.90. The van der Waals surface area contributed by atoms with Crippen molar-refractivity contribution >= 4 is 5.97 Å². The minimum atomic E-state index is -0.749. The Labute approximate surface area is 106 Å². The van der Waals surface area contributed by atoms with Gasteiger partial charge in [-0.1, -0.05) is 30.4 Å². The Morgan fingerprint density at radius 2 is 1.94 bits per heavy atom. The molecule has 0 aliphatic heterocycles. The third-order valence-corrected chi connectivity index (χ3v) is 4.33. The molecule has 3 heteroatoms. The number of carboxylic acid groups (broad SMARTS) is 1. The maximum Gasteiger partial charge on any atom is 0.303 e. The molecule has 0 spiro atoms. The molecule has 1 saturated carbocycles. The van der Waals surface area contributed by atoms with E-state index < -0.39 is 5.97 Å². The molecule has 0 heterocycles. The van der Waals surface area contributed by atoms with E-state index in [4.69, 9.17) is 5.11 Å². The fourth-order valence-corrected chi connectivity index (χ4v) is 3.64. The number of phenolic OH excluding ortho intramolecular Hbond substituents is 1. The summed E-state index contributed by atoms with van der Waals surface area (Å²) in [5.41, 5.74) is 0.903. The molecular formula is C15H16O3. The van der Waals surface area contributed by atoms with Crippen molar-refractivity contribution in [3.63, 3.8) is 0 Å². The van der Waals surface area contributed by atoms with Crippen molar-refractivity contribution in [2.24, 2.45) is 17.8 Å². The predicted molar refractivity (Wildman–Crippen MR) is 67.3 cm³/mol. The minimum Gasteiger partial charge on any atom is -0.508 e. The van der Waals surface area contributed by atoms with Gasteiger partial charge in [0.05, 0.1) is 0 Å². The van der Waals surface area contributed by atoms with Gasteiger partial charge in [-0.25, -0.2) is 0 Å². The summed E-state index contributed by atoms with van der Waals surface area (Å²) in [6.45, 7) is 0. The van der Waals surface area contributed by atoms with E-state index in [1.54, 1.807) is 12.1 Å². The summed E-state index contributed by atoms with van der Waals surface area (Å²) >= 11 is 0. The van der Waals surface area contributed by atoms with Crippen LogP contribution in [0.4, 0.5) is 0 Å². The van der Waals surface area contributed by atoms with Gasteiger partial charge in [-0.05, 0) is 41.7 Å². The molecule has 1 fully saturated rings. The van der Waals surface area contributed by atoms with Crippen LogP contribution < -0.4 is 0 Å². The second-order valence-electron chi connectivity index (χ2n) is 5.29. The Hall–Kier alpha value is -1.77. The van der Waals surface area contributed by atoms with Crippen LogP contribution in [0.2, 0.25) is 0 Å². The van der Waals surface area contributed by atoms with Gasteiger partial charge in [0.25, 0.3) is 0 Å². The number of hydrogen-bond donors (Lipinski definition) is 2. The Kier molecular flexibility index (Phi) is 2.62. The lowest BCUT2D eigenvalue weighted by molar-refractivity contribution is -0.138. The molecule has 2 bridgehead atoms. The third kappa shape index (κ3) is 1.70. The highest BCUT2D eigenvalue weighted by atomic mass is 16.4. The molecule has 0 radical (unpaired) electrons. The summed E-state index contributed by atoms with van der Waals surface area (Å²) < 4.78 is 0. The number of aromatic hydroxyl groups is 1. The van der Waals surface area contributed by atoms with E-state index in [9.17, 15) is 9.90 Å². The summed E-state index contributed by atoms with van der Waals surface area (Å²) in [6.07, 6.45) is 5.54. The standard InChI is InChI=1S/C15H16O3/c16-13-4-2-1-3-11(13)15-10-6-5-9(7-10)12(15)8-14(17)18/h1-6,9-10,12,15-16H,7-8H2,(H,17,18). The number of benzene rings is 1. The van der Waals surface area contributed by atoms with E-state index in [0.717, 1.165) is 12.0 Å². The molecule has 2 aliphatic carbocycles. The summed E-state index contributed by atoms with van der Waals surface area (Å²) in [5.74, 6) is 0.548. The van der Waals surface area contributed by atoms with Crippen LogP contribution in [0.25, 0.3) is 0 Å². The molecule has 1 aromatic rings. The van der Waals surface area contributed by atoms with Crippen LogP contribution in [0.15, 0.2) is 36.4 Å². The van der Waals surface area contributed by atoms with Gasteiger partial charge in [0.2, 0.25) is 0 Å². The van der Waals surface area contributed by atoms with Crippen molar-refractivity contribution in [3.8, 4) is 5.75 Å². The topological polar surface area (TPSA) is 57.5 Å². The van der Waals surface area contributed by atoms with Crippen molar-refractivity contribution in [1.82, 2.24) is 0 Å². The summed E-state index contributed by atoms with van der Waals surface area (Å²) in [6, 6.07) is 7.31. The van der Waals surface area contributed by atoms with E-state index in [0.29, 0.717) is 17.6 Å². The molecule has 2 N–H and O–H groups in total. The summed E-state index contributed by atoms with van der Waals surface area (Å²) in [7, 11) is 0. The Balaban J connectivity index is 1.97. The first-order valence-corrected chi connectivity index (χ1v) is 6.35. The van der Waals surface area contributed by atoms with Crippen molar-refractivity contribution in [1.29, 1.82) is 0 Å². The van der Waals surface area contributed by atoms with Gasteiger partial charge >= 0.3 is 5.97 Å². The van der Waals surface area contributed by atoms with Crippen LogP contribution in [-0.2, 0) is 4.79 Å². The highest BCUT2D eigenvalue weighted by Crippen LogP contribution is 2.55. The molecule has 94 valence electrons. The van der Waals surface area contributed by atoms with Gasteiger partial charge in [-0.2, -0.15) is 0 Å². The zero-order valence-corrected chi connectivity index (χ0v) is 9.99. The highest BCUT2D eigenvalue weighted by Gasteiger charge is 2.46. The lowest BCUT2D eigenvalue weighted by Gasteiger charge is -2.27. The van der Waals surface area contributed by atoms with Crippen LogP contribution in [-0.4, -0.2) is 16.2 Å². The second kappa shape index (κ2) is 4.16. The second-order valence-corrected chi connectivity index (χ2v) is 5.29. The molecule has 0 aromatic heterocycles. The van der Waals surface area contributed by atoms with Gasteiger partial charge in [0.1, 0.15) is 5.75 Å². The molecular weight excluding hydrogens is 228 g/mol. The number of carboxylic acids is 1. The number of aliphatic carboxylic acids is 1. The van der Waals surface area contributed by atoms with E-state index in [1.807, 2.05) is 12.1 Å². The molecule has 1 aromatic carbocycles. The van der Waals surface area contributed by atoms with E-state index in [-0.39, 0.29) is 18.3 Å². The fourth-order valence-electron chi connectivity index (χ4n) is 3.64. The van der Waals surface area contributed by atoms with Gasteiger partial charge < -0.3 is 10.2 Å². The highest BCUT2D eigenvalue weighted by molar-refractivity contribution is 5.67. The Morgan fingerprint density at radius 3 is 2.67 bits per heavy atom. The molecule has 2 aliphatic rings. The molecule has 4 unspecified atom stereocenters. The van der Waals surface area contributed by atoms with Gasteiger partial charge in [0.15, 0.2) is 0 Å². The normalized spacial score (nSPS) is 32.9. The number of carbonyl (C=O) groups is 1. The minimum absolute atomic E-state index is 0.116. The largest absolute Gasteiger partial charge is 0.508 e. The maximum atomic E-state index is 11.0. The van der Waals surface area contributed by atoms with Crippen molar-refractivity contribution in [2.45, 2.75) is 18.8 Å². The zero-order valence-electron chi connectivity index (χ0n) is 9.99. The van der Waals surface area contributed by atoms with Crippen LogP contribution in [0, 0.1) is 17.8 Å². The monoisotopic (exact) mass is 244 g/mol. The smallest absolute Gasteiger partial charge is 0.303 e. The number of rotatable bonds is 3. The van der Waals surface area contributed by atoms with Gasteiger partial charge in [-0.15, -0.1) is 0 Å². The van der Waals surface area contributed by atoms with Crippen LogP contribution in [0.3, 0.4) is 0 Å². The first-order valence-electron chi connectivity index (χ1n) is 6.35. The van der Waals surface area contributed by atoms with Crippen molar-refractivity contribution in [2.75, 3.05) is 0 Å². The number of allylic oxidation sites excluding steroid dienone is 2. The number of para-hydroxylation sites is 1. The van der Waals surface area contributed by atoms with Gasteiger partial charge in [0, 0.05) is 6.42 Å². The van der Waals surface area contributed by atoms with E-state index >= 15 is 0 Å². The average molecular weight is 244 g/mol. The Bertz CT molecular complexity index is 506. The molecule has 3 rings (SSSR count). The summed E-state index contributed by atoms with van der Waals surface area (Å²) in [5, 5.41) is 19.0. The fraction of sp³-hybridized carbons (Fsp3) is 0.400. The summed E-state index contributed by atoms with van der Waals surface area (Å²) in [4.78, 5) is 11.0. The van der Waals surface area contributed by atoms with Crippen LogP contribution in [0.5, 0.6) is 5.75 Å². The lowest BCUT2D eigenvalue weighted by atomic mass is 9.76. The van der Waals surface area contributed by atoms with Gasteiger partial charge in [-0.3, -0.25) is 4.79 Å². The molecule has 0 amide bonds. The maximum absolute atomic E-state index is 11.0. The first-order chi connectivity index (χ1) is 8.66. The quantitative estimate of drug-likeness (QED) is 0.804. The molecule has 3 nitrogen and oxygen atoms in total. The Morgan fingerprint density at radius 1 is 1.22 bits per heavy atom.